The van der Waals surface area contributed by atoms with Crippen molar-refractivity contribution in [3.63, 3.8) is 0 Å². The lowest BCUT2D eigenvalue weighted by Gasteiger charge is -2.13. The molecule has 0 amide bonds. The average Bonchev–Trinajstić information content (AvgIpc) is 2.34. The van der Waals surface area contributed by atoms with Gasteiger partial charge in [-0.05, 0) is 24.1 Å². The molecule has 0 saturated carbocycles. The van der Waals surface area contributed by atoms with Crippen molar-refractivity contribution in [1.29, 1.82) is 0 Å². The quantitative estimate of drug-likeness (QED) is 0.709. The largest absolute Gasteiger partial charge is 0.384 e. The van der Waals surface area contributed by atoms with Crippen LogP contribution >= 0.6 is 0 Å². The molecular weight excluding hydrogens is 215 g/mol. The lowest BCUT2D eigenvalue weighted by molar-refractivity contribution is 0.626. The van der Waals surface area contributed by atoms with Crippen LogP contribution in [0.25, 0.3) is 0 Å². The zero-order chi connectivity index (χ0) is 12.7. The highest BCUT2D eigenvalue weighted by atomic mass is 19.1. The van der Waals surface area contributed by atoms with Crippen LogP contribution in [0.3, 0.4) is 0 Å². The summed E-state index contributed by atoms with van der Waals surface area (Å²) in [6, 6.07) is 6.39. The molecule has 1 aromatic carbocycles. The molecule has 0 spiro atoms. The topological polar surface area (TPSA) is 24.1 Å². The number of benzene rings is 1. The second-order valence-electron chi connectivity index (χ2n) is 3.86. The van der Waals surface area contributed by atoms with Crippen LogP contribution in [0, 0.1) is 5.82 Å². The molecule has 0 atom stereocenters. The molecule has 0 aliphatic rings. The lowest BCUT2D eigenvalue weighted by Crippen LogP contribution is -2.22. The molecule has 0 saturated heterocycles. The van der Waals surface area contributed by atoms with Crippen LogP contribution in [0.4, 0.5) is 4.39 Å². The predicted molar refractivity (Wildman–Crippen MR) is 69.8 cm³/mol. The van der Waals surface area contributed by atoms with Crippen LogP contribution in [0.15, 0.2) is 48.8 Å². The van der Waals surface area contributed by atoms with E-state index in [1.165, 1.54) is 12.1 Å². The van der Waals surface area contributed by atoms with Crippen molar-refractivity contribution in [2.24, 2.45) is 0 Å². The van der Waals surface area contributed by atoms with E-state index in [1.54, 1.807) is 12.1 Å². The molecule has 92 valence electrons. The van der Waals surface area contributed by atoms with Gasteiger partial charge >= 0.3 is 0 Å². The fourth-order valence-electron chi connectivity index (χ4n) is 1.30. The molecule has 0 radical (unpaired) electrons. The van der Waals surface area contributed by atoms with E-state index in [-0.39, 0.29) is 5.82 Å². The highest BCUT2D eigenvalue weighted by molar-refractivity contribution is 5.23. The molecular formula is C14H19FN2. The fraction of sp³-hybridized carbons (Fsp3) is 0.286. The number of halogens is 1. The van der Waals surface area contributed by atoms with E-state index in [4.69, 9.17) is 0 Å². The molecule has 0 aromatic heterocycles. The maximum Gasteiger partial charge on any atom is 0.123 e. The Morgan fingerprint density at radius 3 is 2.29 bits per heavy atom. The summed E-state index contributed by atoms with van der Waals surface area (Å²) in [6.07, 6.45) is 1.05. The van der Waals surface area contributed by atoms with Crippen LogP contribution in [0.2, 0.25) is 0 Å². The summed E-state index contributed by atoms with van der Waals surface area (Å²) in [5, 5.41) is 6.31. The van der Waals surface area contributed by atoms with Gasteiger partial charge < -0.3 is 10.6 Å². The van der Waals surface area contributed by atoms with Gasteiger partial charge in [0.25, 0.3) is 0 Å². The first-order valence-electron chi connectivity index (χ1n) is 5.74. The Morgan fingerprint density at radius 2 is 1.71 bits per heavy atom. The van der Waals surface area contributed by atoms with Gasteiger partial charge in [0.15, 0.2) is 0 Å². The van der Waals surface area contributed by atoms with Crippen LogP contribution in [-0.2, 0) is 6.54 Å². The number of rotatable bonds is 7. The van der Waals surface area contributed by atoms with E-state index < -0.39 is 0 Å². The van der Waals surface area contributed by atoms with E-state index >= 15 is 0 Å². The Labute approximate surface area is 102 Å². The first-order chi connectivity index (χ1) is 8.13. The SMILES string of the molecule is C=C(NCCC)C(=C)NCc1ccc(F)cc1. The number of hydrogen-bond acceptors (Lipinski definition) is 2. The standard InChI is InChI=1S/C14H19FN2/c1-4-9-16-11(2)12(3)17-10-13-5-7-14(15)8-6-13/h5-8,16-17H,2-4,9-10H2,1H3. The van der Waals surface area contributed by atoms with Crippen molar-refractivity contribution in [2.75, 3.05) is 6.54 Å². The smallest absolute Gasteiger partial charge is 0.123 e. The van der Waals surface area contributed by atoms with Crippen LogP contribution in [0.5, 0.6) is 0 Å². The predicted octanol–water partition coefficient (Wildman–Crippen LogP) is 2.94. The Morgan fingerprint density at radius 1 is 1.12 bits per heavy atom. The maximum atomic E-state index is 12.7. The van der Waals surface area contributed by atoms with Gasteiger partial charge in [0, 0.05) is 24.5 Å². The lowest BCUT2D eigenvalue weighted by atomic mass is 10.2. The van der Waals surface area contributed by atoms with E-state index in [0.29, 0.717) is 6.54 Å². The molecule has 2 nitrogen and oxygen atoms in total. The minimum atomic E-state index is -0.221. The highest BCUT2D eigenvalue weighted by Gasteiger charge is 1.99. The molecule has 0 heterocycles. The Balaban J connectivity index is 2.37. The van der Waals surface area contributed by atoms with Gasteiger partial charge in [-0.15, -0.1) is 0 Å². The second-order valence-corrected chi connectivity index (χ2v) is 3.86. The normalized spacial score (nSPS) is 9.76. The molecule has 1 rings (SSSR count). The Kier molecular flexibility index (Phi) is 5.27. The van der Waals surface area contributed by atoms with Crippen molar-refractivity contribution < 1.29 is 4.39 Å². The molecule has 2 N–H and O–H groups in total. The van der Waals surface area contributed by atoms with Crippen molar-refractivity contribution >= 4 is 0 Å². The Hall–Kier alpha value is -1.77. The summed E-state index contributed by atoms with van der Waals surface area (Å²) in [5.74, 6) is -0.221. The van der Waals surface area contributed by atoms with Gasteiger partial charge in [0.2, 0.25) is 0 Å². The minimum absolute atomic E-state index is 0.221. The fourth-order valence-corrected chi connectivity index (χ4v) is 1.30. The molecule has 1 aromatic rings. The minimum Gasteiger partial charge on any atom is -0.384 e. The average molecular weight is 234 g/mol. The molecule has 0 aliphatic heterocycles. The third-order valence-corrected chi connectivity index (χ3v) is 2.37. The van der Waals surface area contributed by atoms with Gasteiger partial charge in [-0.25, -0.2) is 4.39 Å². The van der Waals surface area contributed by atoms with Gasteiger partial charge in [-0.1, -0.05) is 32.2 Å². The van der Waals surface area contributed by atoms with E-state index in [0.717, 1.165) is 29.9 Å². The molecule has 0 aliphatic carbocycles. The molecule has 0 fully saturated rings. The Bertz CT molecular complexity index is 382. The monoisotopic (exact) mass is 234 g/mol. The maximum absolute atomic E-state index is 12.7. The summed E-state index contributed by atoms with van der Waals surface area (Å²) in [7, 11) is 0. The zero-order valence-corrected chi connectivity index (χ0v) is 10.2. The number of hydrogen-bond donors (Lipinski definition) is 2. The van der Waals surface area contributed by atoms with Gasteiger partial charge in [0.05, 0.1) is 0 Å². The second kappa shape index (κ2) is 6.74. The van der Waals surface area contributed by atoms with Crippen LogP contribution < -0.4 is 10.6 Å². The van der Waals surface area contributed by atoms with Crippen molar-refractivity contribution in [2.45, 2.75) is 19.9 Å². The molecule has 0 unspecified atom stereocenters. The van der Waals surface area contributed by atoms with E-state index in [1.807, 2.05) is 0 Å². The summed E-state index contributed by atoms with van der Waals surface area (Å²) in [6.45, 7) is 11.4. The van der Waals surface area contributed by atoms with Crippen molar-refractivity contribution in [3.05, 3.63) is 60.2 Å². The highest BCUT2D eigenvalue weighted by Crippen LogP contribution is 2.04. The van der Waals surface area contributed by atoms with Crippen molar-refractivity contribution in [1.82, 2.24) is 10.6 Å². The van der Waals surface area contributed by atoms with Crippen LogP contribution in [0.1, 0.15) is 18.9 Å². The van der Waals surface area contributed by atoms with E-state index in [2.05, 4.69) is 30.7 Å². The molecule has 0 bridgehead atoms. The summed E-state index contributed by atoms with van der Waals surface area (Å²) in [4.78, 5) is 0. The third kappa shape index (κ3) is 4.72. The third-order valence-electron chi connectivity index (χ3n) is 2.37. The first-order valence-corrected chi connectivity index (χ1v) is 5.74. The van der Waals surface area contributed by atoms with E-state index in [9.17, 15) is 4.39 Å². The van der Waals surface area contributed by atoms with Gasteiger partial charge in [0.1, 0.15) is 5.82 Å². The first kappa shape index (κ1) is 13.3. The summed E-state index contributed by atoms with van der Waals surface area (Å²) >= 11 is 0. The molecule has 17 heavy (non-hydrogen) atoms. The summed E-state index contributed by atoms with van der Waals surface area (Å²) in [5.41, 5.74) is 2.58. The van der Waals surface area contributed by atoms with Crippen molar-refractivity contribution in [3.8, 4) is 0 Å². The van der Waals surface area contributed by atoms with Gasteiger partial charge in [-0.3, -0.25) is 0 Å². The zero-order valence-electron chi connectivity index (χ0n) is 10.2. The number of nitrogens with one attached hydrogen (secondary N) is 2. The van der Waals surface area contributed by atoms with Crippen LogP contribution in [-0.4, -0.2) is 6.54 Å². The van der Waals surface area contributed by atoms with Gasteiger partial charge in [-0.2, -0.15) is 0 Å². The summed E-state index contributed by atoms with van der Waals surface area (Å²) < 4.78 is 12.7. The molecule has 3 heteroatoms.